The summed E-state index contributed by atoms with van der Waals surface area (Å²) in [6.07, 6.45) is 6.14. The number of unbranched alkanes of at least 4 members (excludes halogenated alkanes) is 2. The number of ether oxygens (including phenoxy) is 2. The van der Waals surface area contributed by atoms with Gasteiger partial charge < -0.3 is 9.47 Å². The lowest BCUT2D eigenvalue weighted by molar-refractivity contribution is -0.172. The van der Waals surface area contributed by atoms with Gasteiger partial charge in [0.1, 0.15) is 5.75 Å². The van der Waals surface area contributed by atoms with Crippen LogP contribution >= 0.6 is 0 Å². The van der Waals surface area contributed by atoms with Gasteiger partial charge in [0.05, 0.1) is 6.61 Å². The van der Waals surface area contributed by atoms with E-state index < -0.39 is 5.79 Å². The van der Waals surface area contributed by atoms with E-state index >= 15 is 0 Å². The Labute approximate surface area is 117 Å². The molecule has 0 spiro atoms. The van der Waals surface area contributed by atoms with E-state index in [1.54, 1.807) is 0 Å². The van der Waals surface area contributed by atoms with Crippen molar-refractivity contribution in [3.05, 3.63) is 36.4 Å². The number of rotatable bonds is 9. The van der Waals surface area contributed by atoms with E-state index in [-0.39, 0.29) is 0 Å². The van der Waals surface area contributed by atoms with Gasteiger partial charge >= 0.3 is 0 Å². The monoisotopic (exact) mass is 262 g/mol. The van der Waals surface area contributed by atoms with Crippen LogP contribution in [0.25, 0.3) is 6.08 Å². The van der Waals surface area contributed by atoms with Gasteiger partial charge in [-0.3, -0.25) is 0 Å². The molecule has 1 aromatic carbocycles. The summed E-state index contributed by atoms with van der Waals surface area (Å²) in [4.78, 5) is 0. The molecule has 0 aliphatic carbocycles. The van der Waals surface area contributed by atoms with Gasteiger partial charge in [0.2, 0.25) is 5.79 Å². The van der Waals surface area contributed by atoms with Gasteiger partial charge in [0.15, 0.2) is 0 Å². The summed E-state index contributed by atoms with van der Waals surface area (Å²) in [5.41, 5.74) is 1.09. The largest absolute Gasteiger partial charge is 0.463 e. The Balaban J connectivity index is 2.55. The van der Waals surface area contributed by atoms with Crippen LogP contribution in [0.5, 0.6) is 5.75 Å². The van der Waals surface area contributed by atoms with E-state index in [0.29, 0.717) is 0 Å². The molecule has 0 bridgehead atoms. The molecule has 0 N–H and O–H groups in total. The minimum Gasteiger partial charge on any atom is -0.463 e. The molecule has 2 heteroatoms. The van der Waals surface area contributed by atoms with Gasteiger partial charge in [-0.15, -0.1) is 0 Å². The Bertz CT molecular complexity index is 369. The topological polar surface area (TPSA) is 18.5 Å². The molecule has 2 nitrogen and oxygen atoms in total. The molecule has 0 aromatic heterocycles. The van der Waals surface area contributed by atoms with Crippen LogP contribution in [0.2, 0.25) is 0 Å². The van der Waals surface area contributed by atoms with Crippen LogP contribution in [0.3, 0.4) is 0 Å². The molecule has 0 aliphatic rings. The second-order valence-corrected chi connectivity index (χ2v) is 4.92. The van der Waals surface area contributed by atoms with Crippen molar-refractivity contribution < 1.29 is 9.47 Å². The van der Waals surface area contributed by atoms with Crippen molar-refractivity contribution in [1.29, 1.82) is 0 Å². The van der Waals surface area contributed by atoms with Crippen molar-refractivity contribution in [2.24, 2.45) is 0 Å². The summed E-state index contributed by atoms with van der Waals surface area (Å²) in [6.45, 7) is 10.8. The highest BCUT2D eigenvalue weighted by molar-refractivity contribution is 5.48. The molecule has 0 saturated heterocycles. The van der Waals surface area contributed by atoms with Crippen LogP contribution in [0.15, 0.2) is 30.8 Å². The minimum atomic E-state index is -0.538. The fourth-order valence-corrected chi connectivity index (χ4v) is 1.77. The Morgan fingerprint density at radius 1 is 1.16 bits per heavy atom. The average Bonchev–Trinajstić information content (AvgIpc) is 2.44. The molecule has 1 atom stereocenters. The Kier molecular flexibility index (Phi) is 6.65. The first-order chi connectivity index (χ1) is 9.13. The summed E-state index contributed by atoms with van der Waals surface area (Å²) in [5, 5.41) is 0. The first kappa shape index (κ1) is 15.8. The minimum absolute atomic E-state index is 0.538. The van der Waals surface area contributed by atoms with Gasteiger partial charge in [-0.2, -0.15) is 0 Å². The van der Waals surface area contributed by atoms with Crippen LogP contribution in [0.1, 0.15) is 52.0 Å². The summed E-state index contributed by atoms with van der Waals surface area (Å²) in [7, 11) is 0. The smallest absolute Gasteiger partial charge is 0.207 e. The lowest BCUT2D eigenvalue weighted by Gasteiger charge is -2.29. The third-order valence-electron chi connectivity index (χ3n) is 3.25. The van der Waals surface area contributed by atoms with Crippen molar-refractivity contribution in [1.82, 2.24) is 0 Å². The number of hydrogen-bond donors (Lipinski definition) is 0. The molecule has 19 heavy (non-hydrogen) atoms. The van der Waals surface area contributed by atoms with Crippen molar-refractivity contribution in [2.45, 2.75) is 52.2 Å². The zero-order valence-electron chi connectivity index (χ0n) is 12.4. The molecule has 1 aromatic rings. The molecule has 0 aliphatic heterocycles. The SMILES string of the molecule is C=Cc1ccc(OC(C)(CC)OCCCCC)cc1. The highest BCUT2D eigenvalue weighted by atomic mass is 16.7. The van der Waals surface area contributed by atoms with Gasteiger partial charge in [-0.05, 0) is 24.1 Å². The van der Waals surface area contributed by atoms with E-state index in [2.05, 4.69) is 20.4 Å². The highest BCUT2D eigenvalue weighted by Gasteiger charge is 2.24. The van der Waals surface area contributed by atoms with Crippen molar-refractivity contribution in [3.63, 3.8) is 0 Å². The van der Waals surface area contributed by atoms with E-state index in [9.17, 15) is 0 Å². The average molecular weight is 262 g/mol. The summed E-state index contributed by atoms with van der Waals surface area (Å²) in [5.74, 6) is 0.300. The van der Waals surface area contributed by atoms with Crippen LogP contribution in [-0.4, -0.2) is 12.4 Å². The molecule has 0 saturated carbocycles. The lowest BCUT2D eigenvalue weighted by Crippen LogP contribution is -2.35. The number of hydrogen-bond acceptors (Lipinski definition) is 2. The molecule has 0 amide bonds. The quantitative estimate of drug-likeness (QED) is 0.458. The van der Waals surface area contributed by atoms with Gasteiger partial charge in [-0.25, -0.2) is 0 Å². The maximum absolute atomic E-state index is 5.97. The van der Waals surface area contributed by atoms with Crippen molar-refractivity contribution >= 4 is 6.08 Å². The number of benzene rings is 1. The molecule has 0 radical (unpaired) electrons. The molecule has 1 unspecified atom stereocenters. The predicted octanol–water partition coefficient (Wildman–Crippen LogP) is 5.04. The zero-order chi connectivity index (χ0) is 14.1. The molecular formula is C17H26O2. The van der Waals surface area contributed by atoms with Crippen molar-refractivity contribution in [3.8, 4) is 5.75 Å². The Morgan fingerprint density at radius 2 is 1.84 bits per heavy atom. The predicted molar refractivity (Wildman–Crippen MR) is 81.3 cm³/mol. The fourth-order valence-electron chi connectivity index (χ4n) is 1.77. The summed E-state index contributed by atoms with van der Waals surface area (Å²) >= 11 is 0. The molecule has 0 fully saturated rings. The standard InChI is InChI=1S/C17H26O2/c1-5-8-9-14-18-17(4,7-3)19-16-12-10-15(6-2)11-13-16/h6,10-13H,2,5,7-9,14H2,1,3-4H3. The first-order valence-electron chi connectivity index (χ1n) is 7.19. The third-order valence-corrected chi connectivity index (χ3v) is 3.25. The second kappa shape index (κ2) is 8.00. The summed E-state index contributed by atoms with van der Waals surface area (Å²) in [6, 6.07) is 7.91. The maximum Gasteiger partial charge on any atom is 0.207 e. The third kappa shape index (κ3) is 5.48. The van der Waals surface area contributed by atoms with Crippen LogP contribution in [-0.2, 0) is 4.74 Å². The van der Waals surface area contributed by atoms with E-state index in [1.165, 1.54) is 12.8 Å². The highest BCUT2D eigenvalue weighted by Crippen LogP contribution is 2.23. The van der Waals surface area contributed by atoms with Gasteiger partial charge in [0, 0.05) is 13.3 Å². The lowest BCUT2D eigenvalue weighted by atomic mass is 10.2. The molecule has 106 valence electrons. The van der Waals surface area contributed by atoms with E-state index in [1.807, 2.05) is 37.3 Å². The first-order valence-corrected chi connectivity index (χ1v) is 7.19. The second-order valence-electron chi connectivity index (χ2n) is 4.92. The van der Waals surface area contributed by atoms with Crippen LogP contribution in [0, 0.1) is 0 Å². The molecular weight excluding hydrogens is 236 g/mol. The van der Waals surface area contributed by atoms with Crippen molar-refractivity contribution in [2.75, 3.05) is 6.61 Å². The van der Waals surface area contributed by atoms with Gasteiger partial charge in [-0.1, -0.05) is 51.5 Å². The normalized spacial score (nSPS) is 13.8. The summed E-state index contributed by atoms with van der Waals surface area (Å²) < 4.78 is 11.9. The molecule has 0 heterocycles. The van der Waals surface area contributed by atoms with E-state index in [0.717, 1.165) is 30.8 Å². The zero-order valence-corrected chi connectivity index (χ0v) is 12.4. The van der Waals surface area contributed by atoms with Crippen LogP contribution < -0.4 is 4.74 Å². The Morgan fingerprint density at radius 3 is 2.37 bits per heavy atom. The fraction of sp³-hybridized carbons (Fsp3) is 0.529. The maximum atomic E-state index is 5.97. The Hall–Kier alpha value is -1.28. The van der Waals surface area contributed by atoms with E-state index in [4.69, 9.17) is 9.47 Å². The molecule has 1 rings (SSSR count). The van der Waals surface area contributed by atoms with Gasteiger partial charge in [0.25, 0.3) is 0 Å². The van der Waals surface area contributed by atoms with Crippen LogP contribution in [0.4, 0.5) is 0 Å².